The Kier molecular flexibility index (Phi) is 4.26. The second kappa shape index (κ2) is 6.12. The Balaban J connectivity index is 1.97. The van der Waals surface area contributed by atoms with Crippen LogP contribution in [-0.4, -0.2) is 5.78 Å². The molecule has 0 fully saturated rings. The van der Waals surface area contributed by atoms with Crippen LogP contribution in [0.5, 0.6) is 0 Å². The van der Waals surface area contributed by atoms with E-state index in [2.05, 4.69) is 0 Å². The van der Waals surface area contributed by atoms with Gasteiger partial charge in [0.1, 0.15) is 0 Å². The number of hydrogen-bond acceptors (Lipinski definition) is 2. The highest BCUT2D eigenvalue weighted by atomic mass is 32.1. The van der Waals surface area contributed by atoms with Gasteiger partial charge in [-0.15, -0.1) is 11.3 Å². The molecular weight excluding hydrogens is 240 g/mol. The lowest BCUT2D eigenvalue weighted by Crippen LogP contribution is -1.93. The molecule has 1 nitrogen and oxygen atoms in total. The average molecular weight is 254 g/mol. The molecule has 0 aliphatic carbocycles. The number of carbonyl (C=O) groups excluding carboxylic acids is 1. The fourth-order valence-corrected chi connectivity index (χ4v) is 2.12. The Bertz CT molecular complexity index is 560. The standard InChI is InChI=1S/C16H14OS/c1-13-8-10-14(11-9-13)16(17)7-3-2-5-15-6-4-12-18-15/h2-12H,1H3/b5-2+,7-3+. The van der Waals surface area contributed by atoms with E-state index in [1.54, 1.807) is 23.5 Å². The van der Waals surface area contributed by atoms with E-state index < -0.39 is 0 Å². The summed E-state index contributed by atoms with van der Waals surface area (Å²) < 4.78 is 0. The maximum absolute atomic E-state index is 11.8. The summed E-state index contributed by atoms with van der Waals surface area (Å²) in [5.74, 6) is 0.0332. The zero-order valence-corrected chi connectivity index (χ0v) is 11.0. The molecule has 2 rings (SSSR count). The van der Waals surface area contributed by atoms with E-state index in [4.69, 9.17) is 0 Å². The Morgan fingerprint density at radius 1 is 1.11 bits per heavy atom. The lowest BCUT2D eigenvalue weighted by Gasteiger charge is -1.95. The third-order valence-corrected chi connectivity index (χ3v) is 3.34. The van der Waals surface area contributed by atoms with Gasteiger partial charge in [0, 0.05) is 10.4 Å². The van der Waals surface area contributed by atoms with Gasteiger partial charge < -0.3 is 0 Å². The quantitative estimate of drug-likeness (QED) is 0.446. The van der Waals surface area contributed by atoms with Gasteiger partial charge >= 0.3 is 0 Å². The summed E-state index contributed by atoms with van der Waals surface area (Å²) in [6, 6.07) is 11.6. The summed E-state index contributed by atoms with van der Waals surface area (Å²) in [5.41, 5.74) is 1.88. The summed E-state index contributed by atoms with van der Waals surface area (Å²) in [6.07, 6.45) is 7.25. The number of ketones is 1. The van der Waals surface area contributed by atoms with E-state index in [1.165, 1.54) is 4.88 Å². The van der Waals surface area contributed by atoms with Crippen LogP contribution in [0.4, 0.5) is 0 Å². The zero-order valence-electron chi connectivity index (χ0n) is 10.2. The number of benzene rings is 1. The monoisotopic (exact) mass is 254 g/mol. The van der Waals surface area contributed by atoms with Gasteiger partial charge in [0.2, 0.25) is 0 Å². The molecular formula is C16H14OS. The third kappa shape index (κ3) is 3.54. The van der Waals surface area contributed by atoms with Crippen LogP contribution in [0, 0.1) is 6.92 Å². The summed E-state index contributed by atoms with van der Waals surface area (Å²) in [7, 11) is 0. The smallest absolute Gasteiger partial charge is 0.185 e. The number of allylic oxidation sites excluding steroid dienone is 3. The summed E-state index contributed by atoms with van der Waals surface area (Å²) in [6.45, 7) is 2.01. The maximum atomic E-state index is 11.8. The molecule has 0 unspecified atom stereocenters. The Morgan fingerprint density at radius 3 is 2.56 bits per heavy atom. The molecule has 2 aromatic rings. The highest BCUT2D eigenvalue weighted by Gasteiger charge is 1.99. The topological polar surface area (TPSA) is 17.1 Å². The van der Waals surface area contributed by atoms with E-state index in [-0.39, 0.29) is 5.78 Å². The fraction of sp³-hybridized carbons (Fsp3) is 0.0625. The first-order valence-electron chi connectivity index (χ1n) is 5.75. The van der Waals surface area contributed by atoms with Crippen LogP contribution in [0.1, 0.15) is 20.8 Å². The van der Waals surface area contributed by atoms with Crippen molar-refractivity contribution >= 4 is 23.2 Å². The highest BCUT2D eigenvalue weighted by Crippen LogP contribution is 2.10. The van der Waals surface area contributed by atoms with Gasteiger partial charge in [-0.25, -0.2) is 0 Å². The molecule has 2 heteroatoms. The van der Waals surface area contributed by atoms with E-state index in [1.807, 2.05) is 60.9 Å². The van der Waals surface area contributed by atoms with Crippen LogP contribution in [0.2, 0.25) is 0 Å². The van der Waals surface area contributed by atoms with Crippen molar-refractivity contribution in [3.05, 3.63) is 76.0 Å². The van der Waals surface area contributed by atoms with Crippen molar-refractivity contribution < 1.29 is 4.79 Å². The van der Waals surface area contributed by atoms with Crippen molar-refractivity contribution in [1.29, 1.82) is 0 Å². The normalized spacial score (nSPS) is 11.4. The number of thiophene rings is 1. The van der Waals surface area contributed by atoms with Crippen LogP contribution in [0.15, 0.2) is 60.0 Å². The molecule has 18 heavy (non-hydrogen) atoms. The van der Waals surface area contributed by atoms with E-state index in [9.17, 15) is 4.79 Å². The SMILES string of the molecule is Cc1ccc(C(=O)/C=C/C=C/c2cccs2)cc1. The van der Waals surface area contributed by atoms with E-state index in [0.29, 0.717) is 0 Å². The second-order valence-corrected chi connectivity index (χ2v) is 4.94. The van der Waals surface area contributed by atoms with E-state index in [0.717, 1.165) is 11.1 Å². The molecule has 0 saturated heterocycles. The number of hydrogen-bond donors (Lipinski definition) is 0. The zero-order chi connectivity index (χ0) is 12.8. The number of rotatable bonds is 4. The molecule has 0 aliphatic heterocycles. The maximum Gasteiger partial charge on any atom is 0.185 e. The van der Waals surface area contributed by atoms with Gasteiger partial charge in [-0.2, -0.15) is 0 Å². The lowest BCUT2D eigenvalue weighted by molar-refractivity contribution is 0.104. The minimum Gasteiger partial charge on any atom is -0.289 e. The molecule has 0 saturated carbocycles. The van der Waals surface area contributed by atoms with Gasteiger partial charge in [-0.1, -0.05) is 48.0 Å². The van der Waals surface area contributed by atoms with Crippen molar-refractivity contribution in [3.63, 3.8) is 0 Å². The third-order valence-electron chi connectivity index (χ3n) is 2.50. The molecule has 0 amide bonds. The average Bonchev–Trinajstić information content (AvgIpc) is 2.88. The van der Waals surface area contributed by atoms with Crippen molar-refractivity contribution in [2.45, 2.75) is 6.92 Å². The molecule has 90 valence electrons. The van der Waals surface area contributed by atoms with Gasteiger partial charge in [-0.05, 0) is 30.5 Å². The molecule has 0 atom stereocenters. The van der Waals surface area contributed by atoms with Gasteiger partial charge in [0.05, 0.1) is 0 Å². The summed E-state index contributed by atoms with van der Waals surface area (Å²) in [5, 5.41) is 2.03. The summed E-state index contributed by atoms with van der Waals surface area (Å²) >= 11 is 1.67. The molecule has 0 N–H and O–H groups in total. The lowest BCUT2D eigenvalue weighted by atomic mass is 10.1. The molecule has 0 spiro atoms. The number of aryl methyl sites for hydroxylation is 1. The molecule has 0 bridgehead atoms. The largest absolute Gasteiger partial charge is 0.289 e. The van der Waals surface area contributed by atoms with Crippen LogP contribution < -0.4 is 0 Å². The van der Waals surface area contributed by atoms with E-state index >= 15 is 0 Å². The van der Waals surface area contributed by atoms with Crippen molar-refractivity contribution in [1.82, 2.24) is 0 Å². The Labute approximate surface area is 111 Å². The molecule has 1 heterocycles. The number of carbonyl (C=O) groups is 1. The van der Waals surface area contributed by atoms with Crippen LogP contribution in [-0.2, 0) is 0 Å². The predicted octanol–water partition coefficient (Wildman–Crippen LogP) is 4.51. The second-order valence-electron chi connectivity index (χ2n) is 3.96. The Hall–Kier alpha value is -1.93. The predicted molar refractivity (Wildman–Crippen MR) is 78.0 cm³/mol. The van der Waals surface area contributed by atoms with Gasteiger partial charge in [0.15, 0.2) is 5.78 Å². The molecule has 0 radical (unpaired) electrons. The van der Waals surface area contributed by atoms with Crippen LogP contribution in [0.25, 0.3) is 6.08 Å². The van der Waals surface area contributed by atoms with Gasteiger partial charge in [-0.3, -0.25) is 4.79 Å². The first kappa shape index (κ1) is 12.5. The van der Waals surface area contributed by atoms with Crippen molar-refractivity contribution in [2.24, 2.45) is 0 Å². The minimum absolute atomic E-state index is 0.0332. The first-order valence-corrected chi connectivity index (χ1v) is 6.63. The first-order chi connectivity index (χ1) is 8.75. The van der Waals surface area contributed by atoms with Gasteiger partial charge in [0.25, 0.3) is 0 Å². The Morgan fingerprint density at radius 2 is 1.89 bits per heavy atom. The van der Waals surface area contributed by atoms with Crippen LogP contribution in [0.3, 0.4) is 0 Å². The molecule has 1 aromatic heterocycles. The fourth-order valence-electron chi connectivity index (χ4n) is 1.49. The van der Waals surface area contributed by atoms with Crippen molar-refractivity contribution in [3.8, 4) is 0 Å². The highest BCUT2D eigenvalue weighted by molar-refractivity contribution is 7.10. The molecule has 0 aliphatic rings. The summed E-state index contributed by atoms with van der Waals surface area (Å²) in [4.78, 5) is 13.0. The molecule has 1 aromatic carbocycles. The van der Waals surface area contributed by atoms with Crippen LogP contribution >= 0.6 is 11.3 Å². The minimum atomic E-state index is 0.0332. The van der Waals surface area contributed by atoms with Crippen molar-refractivity contribution in [2.75, 3.05) is 0 Å².